The van der Waals surface area contributed by atoms with Gasteiger partial charge in [-0.3, -0.25) is 4.79 Å². The Morgan fingerprint density at radius 3 is 2.41 bits per heavy atom. The zero-order chi connectivity index (χ0) is 20.6. The molecule has 3 rings (SSSR count). The molecule has 0 radical (unpaired) electrons. The van der Waals surface area contributed by atoms with Gasteiger partial charge in [0.2, 0.25) is 0 Å². The molecule has 1 amide bonds. The van der Waals surface area contributed by atoms with E-state index in [1.165, 1.54) is 6.08 Å². The summed E-state index contributed by atoms with van der Waals surface area (Å²) in [6.45, 7) is 0.434. The van der Waals surface area contributed by atoms with Crippen molar-refractivity contribution < 1.29 is 9.53 Å². The first-order valence-corrected chi connectivity index (χ1v) is 9.87. The summed E-state index contributed by atoms with van der Waals surface area (Å²) in [5.74, 6) is 0.214. The third-order valence-corrected chi connectivity index (χ3v) is 5.04. The maximum Gasteiger partial charge on any atom is 0.266 e. The van der Waals surface area contributed by atoms with Crippen LogP contribution in [-0.4, -0.2) is 5.91 Å². The Morgan fingerprint density at radius 1 is 1.07 bits per heavy atom. The predicted molar refractivity (Wildman–Crippen MR) is 119 cm³/mol. The molecule has 0 fully saturated rings. The number of carbonyl (C=O) groups excluding carboxylic acids is 1. The molecule has 4 nitrogen and oxygen atoms in total. The smallest absolute Gasteiger partial charge is 0.266 e. The summed E-state index contributed by atoms with van der Waals surface area (Å²) in [6, 6.07) is 23.7. The molecule has 0 heterocycles. The van der Waals surface area contributed by atoms with Crippen molar-refractivity contribution in [2.24, 2.45) is 0 Å². The minimum absolute atomic E-state index is 0.00170. The fourth-order valence-corrected chi connectivity index (χ4v) is 3.01. The second kappa shape index (κ2) is 9.92. The van der Waals surface area contributed by atoms with E-state index in [2.05, 4.69) is 21.2 Å². The van der Waals surface area contributed by atoms with Crippen LogP contribution < -0.4 is 10.1 Å². The maximum atomic E-state index is 12.3. The Bertz CT molecular complexity index is 1070. The van der Waals surface area contributed by atoms with Crippen molar-refractivity contribution >= 4 is 45.2 Å². The lowest BCUT2D eigenvalue weighted by atomic mass is 10.1. The lowest BCUT2D eigenvalue weighted by molar-refractivity contribution is -0.112. The third-order valence-electron chi connectivity index (χ3n) is 4.01. The number of rotatable bonds is 6. The molecule has 0 aliphatic carbocycles. The summed E-state index contributed by atoms with van der Waals surface area (Å²) >= 11 is 9.33. The fourth-order valence-electron chi connectivity index (χ4n) is 2.48. The average Bonchev–Trinajstić information content (AvgIpc) is 2.74. The van der Waals surface area contributed by atoms with Crippen LogP contribution in [0.2, 0.25) is 5.02 Å². The molecule has 0 atom stereocenters. The van der Waals surface area contributed by atoms with Crippen molar-refractivity contribution in [3.63, 3.8) is 0 Å². The highest BCUT2D eigenvalue weighted by Gasteiger charge is 2.09. The lowest BCUT2D eigenvalue weighted by Gasteiger charge is -2.08. The third kappa shape index (κ3) is 5.95. The first kappa shape index (κ1) is 20.7. The van der Waals surface area contributed by atoms with E-state index in [0.717, 1.165) is 15.6 Å². The molecule has 0 saturated heterocycles. The number of hydrogen-bond donors (Lipinski definition) is 1. The second-order valence-electron chi connectivity index (χ2n) is 6.08. The number of nitriles is 1. The largest absolute Gasteiger partial charge is 0.489 e. The molecule has 1 N–H and O–H groups in total. The first-order valence-electron chi connectivity index (χ1n) is 8.70. The highest BCUT2D eigenvalue weighted by atomic mass is 79.9. The van der Waals surface area contributed by atoms with E-state index in [1.807, 2.05) is 30.3 Å². The Morgan fingerprint density at radius 2 is 1.76 bits per heavy atom. The number of benzene rings is 3. The molecule has 29 heavy (non-hydrogen) atoms. The predicted octanol–water partition coefficient (Wildman–Crippen LogP) is 6.23. The normalized spacial score (nSPS) is 10.9. The number of ether oxygens (including phenoxy) is 1. The highest BCUT2D eigenvalue weighted by molar-refractivity contribution is 9.10. The first-order chi connectivity index (χ1) is 14.0. The quantitative estimate of drug-likeness (QED) is 0.345. The lowest BCUT2D eigenvalue weighted by Crippen LogP contribution is -2.13. The van der Waals surface area contributed by atoms with Crippen molar-refractivity contribution in [2.75, 3.05) is 5.32 Å². The van der Waals surface area contributed by atoms with Crippen molar-refractivity contribution in [3.8, 4) is 11.8 Å². The van der Waals surface area contributed by atoms with Gasteiger partial charge in [-0.2, -0.15) is 5.26 Å². The minimum atomic E-state index is -0.482. The van der Waals surface area contributed by atoms with E-state index < -0.39 is 5.91 Å². The molecule has 0 spiro atoms. The van der Waals surface area contributed by atoms with Gasteiger partial charge in [-0.25, -0.2) is 0 Å². The topological polar surface area (TPSA) is 62.1 Å². The molecule has 0 aromatic heterocycles. The van der Waals surface area contributed by atoms with Crippen LogP contribution in [0.15, 0.2) is 82.8 Å². The number of carbonyl (C=O) groups is 1. The van der Waals surface area contributed by atoms with Gasteiger partial charge >= 0.3 is 0 Å². The van der Waals surface area contributed by atoms with Gasteiger partial charge in [0.1, 0.15) is 24.0 Å². The summed E-state index contributed by atoms with van der Waals surface area (Å²) in [5.41, 5.74) is 2.33. The summed E-state index contributed by atoms with van der Waals surface area (Å²) < 4.78 is 6.78. The van der Waals surface area contributed by atoms with Gasteiger partial charge in [0.15, 0.2) is 0 Å². The fraction of sp³-hybridized carbons (Fsp3) is 0.0435. The van der Waals surface area contributed by atoms with Crippen molar-refractivity contribution in [2.45, 2.75) is 6.61 Å². The van der Waals surface area contributed by atoms with Crippen LogP contribution in [0.3, 0.4) is 0 Å². The summed E-state index contributed by atoms with van der Waals surface area (Å²) in [7, 11) is 0. The van der Waals surface area contributed by atoms with Gasteiger partial charge in [-0.05, 0) is 54.1 Å². The number of halogens is 2. The number of nitrogens with one attached hydrogen (secondary N) is 1. The van der Waals surface area contributed by atoms with Crippen LogP contribution in [0.25, 0.3) is 6.08 Å². The number of amides is 1. The molecule has 3 aromatic carbocycles. The SMILES string of the molecule is N#C/C(=C\c1ccc(OCc2ccccc2Br)cc1)C(=O)Nc1ccc(Cl)cc1. The van der Waals surface area contributed by atoms with Crippen molar-refractivity contribution in [1.29, 1.82) is 5.26 Å². The molecule has 0 unspecified atom stereocenters. The summed E-state index contributed by atoms with van der Waals surface area (Å²) in [5, 5.41) is 12.6. The van der Waals surface area contributed by atoms with Crippen LogP contribution in [0.1, 0.15) is 11.1 Å². The monoisotopic (exact) mass is 466 g/mol. The van der Waals surface area contributed by atoms with E-state index in [-0.39, 0.29) is 5.57 Å². The molecule has 6 heteroatoms. The molecular formula is C23H16BrClN2O2. The zero-order valence-electron chi connectivity index (χ0n) is 15.2. The van der Waals surface area contributed by atoms with E-state index in [9.17, 15) is 10.1 Å². The second-order valence-corrected chi connectivity index (χ2v) is 7.37. The number of nitrogens with zero attached hydrogens (tertiary/aromatic N) is 1. The zero-order valence-corrected chi connectivity index (χ0v) is 17.6. The van der Waals surface area contributed by atoms with Gasteiger partial charge in [-0.15, -0.1) is 0 Å². The van der Waals surface area contributed by atoms with Crippen molar-refractivity contribution in [3.05, 3.63) is 99.0 Å². The average molecular weight is 468 g/mol. The Labute approximate surface area is 182 Å². The maximum absolute atomic E-state index is 12.3. The molecule has 0 aliphatic heterocycles. The van der Waals surface area contributed by atoms with Crippen LogP contribution >= 0.6 is 27.5 Å². The van der Waals surface area contributed by atoms with Gasteiger partial charge < -0.3 is 10.1 Å². The van der Waals surface area contributed by atoms with E-state index >= 15 is 0 Å². The molecule has 0 saturated carbocycles. The van der Waals surface area contributed by atoms with Crippen molar-refractivity contribution in [1.82, 2.24) is 0 Å². The number of hydrogen-bond acceptors (Lipinski definition) is 3. The van der Waals surface area contributed by atoms with Crippen LogP contribution in [-0.2, 0) is 11.4 Å². The molecule has 0 aliphatic rings. The Hall–Kier alpha value is -3.07. The van der Waals surface area contributed by atoms with Gasteiger partial charge in [0, 0.05) is 20.7 Å². The van der Waals surface area contributed by atoms with Gasteiger partial charge in [-0.1, -0.05) is 57.9 Å². The van der Waals surface area contributed by atoms with Crippen LogP contribution in [0.5, 0.6) is 5.75 Å². The highest BCUT2D eigenvalue weighted by Crippen LogP contribution is 2.20. The summed E-state index contributed by atoms with van der Waals surface area (Å²) in [4.78, 5) is 12.3. The van der Waals surface area contributed by atoms with E-state index in [0.29, 0.717) is 23.1 Å². The molecule has 3 aromatic rings. The molecular weight excluding hydrogens is 452 g/mol. The molecule has 0 bridgehead atoms. The minimum Gasteiger partial charge on any atom is -0.489 e. The van der Waals surface area contributed by atoms with E-state index in [4.69, 9.17) is 16.3 Å². The van der Waals surface area contributed by atoms with Crippen LogP contribution in [0.4, 0.5) is 5.69 Å². The Balaban J connectivity index is 1.65. The number of anilines is 1. The summed E-state index contributed by atoms with van der Waals surface area (Å²) in [6.07, 6.45) is 1.53. The van der Waals surface area contributed by atoms with E-state index in [1.54, 1.807) is 48.5 Å². The Kier molecular flexibility index (Phi) is 7.07. The van der Waals surface area contributed by atoms with Gasteiger partial charge in [0.05, 0.1) is 0 Å². The molecule has 144 valence electrons. The van der Waals surface area contributed by atoms with Crippen LogP contribution in [0, 0.1) is 11.3 Å². The standard InChI is InChI=1S/C23H16BrClN2O2/c24-22-4-2-1-3-17(22)15-29-21-11-5-16(6-12-21)13-18(14-26)23(28)27-20-9-7-19(25)8-10-20/h1-13H,15H2,(H,27,28)/b18-13+. The van der Waals surface area contributed by atoms with Gasteiger partial charge in [0.25, 0.3) is 5.91 Å².